The molecular weight excluding hydrogens is 206 g/mol. The normalized spacial score (nSPS) is 17.1. The zero-order valence-electron chi connectivity index (χ0n) is 9.52. The van der Waals surface area contributed by atoms with Gasteiger partial charge in [-0.25, -0.2) is 0 Å². The van der Waals surface area contributed by atoms with Gasteiger partial charge in [-0.1, -0.05) is 5.16 Å². The smallest absolute Gasteiger partial charge is 0.162 e. The van der Waals surface area contributed by atoms with E-state index in [0.717, 1.165) is 24.6 Å². The van der Waals surface area contributed by atoms with Crippen molar-refractivity contribution in [3.05, 3.63) is 17.5 Å². The standard InChI is InChI=1S/C11H19N3O2/c12-8-10-7-11(16-13-10)9-15-6-5-14-3-1-2-4-14/h7H,1-6,8-9,12H2. The Hall–Kier alpha value is -0.910. The van der Waals surface area contributed by atoms with Crippen molar-refractivity contribution in [2.24, 2.45) is 5.73 Å². The minimum Gasteiger partial charge on any atom is -0.372 e. The zero-order chi connectivity index (χ0) is 11.2. The van der Waals surface area contributed by atoms with Crippen molar-refractivity contribution < 1.29 is 9.26 Å². The van der Waals surface area contributed by atoms with Crippen molar-refractivity contribution >= 4 is 0 Å². The van der Waals surface area contributed by atoms with E-state index < -0.39 is 0 Å². The first kappa shape index (κ1) is 11.6. The van der Waals surface area contributed by atoms with Crippen LogP contribution < -0.4 is 5.73 Å². The van der Waals surface area contributed by atoms with E-state index in [2.05, 4.69) is 10.1 Å². The molecule has 1 fully saturated rings. The first-order chi connectivity index (χ1) is 7.88. The van der Waals surface area contributed by atoms with Gasteiger partial charge in [0, 0.05) is 19.2 Å². The molecule has 1 aromatic rings. The van der Waals surface area contributed by atoms with E-state index in [-0.39, 0.29) is 0 Å². The molecule has 16 heavy (non-hydrogen) atoms. The average Bonchev–Trinajstić information content (AvgIpc) is 2.95. The molecule has 1 aliphatic rings. The maximum Gasteiger partial charge on any atom is 0.162 e. The van der Waals surface area contributed by atoms with E-state index in [0.29, 0.717) is 13.2 Å². The first-order valence-electron chi connectivity index (χ1n) is 5.83. The molecule has 1 aromatic heterocycles. The first-order valence-corrected chi connectivity index (χ1v) is 5.83. The largest absolute Gasteiger partial charge is 0.372 e. The van der Waals surface area contributed by atoms with E-state index in [1.807, 2.05) is 6.07 Å². The number of aromatic nitrogens is 1. The molecule has 2 heterocycles. The maximum atomic E-state index is 5.52. The van der Waals surface area contributed by atoms with Crippen LogP contribution in [0.15, 0.2) is 10.6 Å². The zero-order valence-corrected chi connectivity index (χ0v) is 9.52. The van der Waals surface area contributed by atoms with Crippen LogP contribution in [0.2, 0.25) is 0 Å². The Labute approximate surface area is 95.5 Å². The molecule has 0 amide bonds. The molecule has 1 saturated heterocycles. The fraction of sp³-hybridized carbons (Fsp3) is 0.727. The Balaban J connectivity index is 1.60. The molecule has 5 nitrogen and oxygen atoms in total. The SMILES string of the molecule is NCc1cc(COCCN2CCCC2)on1. The Morgan fingerprint density at radius 3 is 2.94 bits per heavy atom. The van der Waals surface area contributed by atoms with Crippen molar-refractivity contribution in [2.45, 2.75) is 26.0 Å². The Kier molecular flexibility index (Phi) is 4.33. The molecule has 2 N–H and O–H groups in total. The molecule has 0 radical (unpaired) electrons. The average molecular weight is 225 g/mol. The van der Waals surface area contributed by atoms with Gasteiger partial charge >= 0.3 is 0 Å². The molecule has 0 unspecified atom stereocenters. The summed E-state index contributed by atoms with van der Waals surface area (Å²) in [5.41, 5.74) is 6.21. The van der Waals surface area contributed by atoms with Crippen LogP contribution in [-0.2, 0) is 17.9 Å². The highest BCUT2D eigenvalue weighted by Gasteiger charge is 2.10. The lowest BCUT2D eigenvalue weighted by atomic mass is 10.4. The molecule has 0 aliphatic carbocycles. The van der Waals surface area contributed by atoms with Gasteiger partial charge in [0.05, 0.1) is 12.3 Å². The van der Waals surface area contributed by atoms with Gasteiger partial charge in [0.25, 0.3) is 0 Å². The van der Waals surface area contributed by atoms with Gasteiger partial charge in [-0.3, -0.25) is 0 Å². The topological polar surface area (TPSA) is 64.5 Å². The number of likely N-dealkylation sites (tertiary alicyclic amines) is 1. The molecule has 1 aliphatic heterocycles. The van der Waals surface area contributed by atoms with Gasteiger partial charge in [0.2, 0.25) is 0 Å². The van der Waals surface area contributed by atoms with Gasteiger partial charge in [0.15, 0.2) is 5.76 Å². The molecule has 5 heteroatoms. The van der Waals surface area contributed by atoms with Gasteiger partial charge in [-0.05, 0) is 25.9 Å². The van der Waals surface area contributed by atoms with Gasteiger partial charge in [0.1, 0.15) is 6.61 Å². The third kappa shape index (κ3) is 3.30. The number of nitrogens with two attached hydrogens (primary N) is 1. The van der Waals surface area contributed by atoms with E-state index in [9.17, 15) is 0 Å². The van der Waals surface area contributed by atoms with Crippen molar-refractivity contribution in [1.82, 2.24) is 10.1 Å². The Morgan fingerprint density at radius 2 is 2.25 bits per heavy atom. The minimum absolute atomic E-state index is 0.414. The summed E-state index contributed by atoms with van der Waals surface area (Å²) in [6, 6.07) is 1.84. The Morgan fingerprint density at radius 1 is 1.44 bits per heavy atom. The summed E-state index contributed by atoms with van der Waals surface area (Å²) in [5, 5.41) is 3.80. The summed E-state index contributed by atoms with van der Waals surface area (Å²) < 4.78 is 10.6. The highest BCUT2D eigenvalue weighted by Crippen LogP contribution is 2.07. The Bertz CT molecular complexity index is 308. The molecular formula is C11H19N3O2. The maximum absolute atomic E-state index is 5.52. The van der Waals surface area contributed by atoms with Gasteiger partial charge in [-0.2, -0.15) is 0 Å². The molecule has 0 atom stereocenters. The highest BCUT2D eigenvalue weighted by atomic mass is 16.5. The van der Waals surface area contributed by atoms with E-state index >= 15 is 0 Å². The molecule has 0 bridgehead atoms. The number of ether oxygens (including phenoxy) is 1. The van der Waals surface area contributed by atoms with Crippen molar-refractivity contribution in [2.75, 3.05) is 26.2 Å². The summed E-state index contributed by atoms with van der Waals surface area (Å²) >= 11 is 0. The molecule has 0 saturated carbocycles. The van der Waals surface area contributed by atoms with Crippen molar-refractivity contribution in [1.29, 1.82) is 0 Å². The lowest BCUT2D eigenvalue weighted by Crippen LogP contribution is -2.23. The number of hydrogen-bond acceptors (Lipinski definition) is 5. The van der Waals surface area contributed by atoms with Crippen LogP contribution in [0, 0.1) is 0 Å². The summed E-state index contributed by atoms with van der Waals surface area (Å²) in [6.45, 7) is 5.08. The van der Waals surface area contributed by atoms with Crippen LogP contribution in [0.3, 0.4) is 0 Å². The highest BCUT2D eigenvalue weighted by molar-refractivity contribution is 5.03. The summed E-state index contributed by atoms with van der Waals surface area (Å²) in [6.07, 6.45) is 2.64. The van der Waals surface area contributed by atoms with E-state index in [1.165, 1.54) is 25.9 Å². The van der Waals surface area contributed by atoms with Crippen LogP contribution in [0.25, 0.3) is 0 Å². The molecule has 0 spiro atoms. The summed E-state index contributed by atoms with van der Waals surface area (Å²) in [4.78, 5) is 2.42. The number of nitrogens with zero attached hydrogens (tertiary/aromatic N) is 2. The van der Waals surface area contributed by atoms with Crippen LogP contribution in [-0.4, -0.2) is 36.3 Å². The van der Waals surface area contributed by atoms with Crippen LogP contribution in [0.4, 0.5) is 0 Å². The summed E-state index contributed by atoms with van der Waals surface area (Å²) in [5.74, 6) is 0.752. The van der Waals surface area contributed by atoms with E-state index in [4.69, 9.17) is 15.0 Å². The second kappa shape index (κ2) is 5.98. The van der Waals surface area contributed by atoms with Crippen LogP contribution in [0.1, 0.15) is 24.3 Å². The molecule has 2 rings (SSSR count). The third-order valence-electron chi connectivity index (χ3n) is 2.81. The summed E-state index contributed by atoms with van der Waals surface area (Å²) in [7, 11) is 0. The quantitative estimate of drug-likeness (QED) is 0.724. The van der Waals surface area contributed by atoms with E-state index in [1.54, 1.807) is 0 Å². The monoisotopic (exact) mass is 225 g/mol. The minimum atomic E-state index is 0.414. The third-order valence-corrected chi connectivity index (χ3v) is 2.81. The molecule has 90 valence electrons. The second-order valence-electron chi connectivity index (χ2n) is 4.09. The fourth-order valence-corrected chi connectivity index (χ4v) is 1.89. The van der Waals surface area contributed by atoms with Crippen LogP contribution in [0.5, 0.6) is 0 Å². The van der Waals surface area contributed by atoms with Crippen molar-refractivity contribution in [3.63, 3.8) is 0 Å². The lowest BCUT2D eigenvalue weighted by Gasteiger charge is -2.13. The predicted octanol–water partition coefficient (Wildman–Crippen LogP) is 0.746. The number of hydrogen-bond donors (Lipinski definition) is 1. The van der Waals surface area contributed by atoms with Gasteiger partial charge in [-0.15, -0.1) is 0 Å². The van der Waals surface area contributed by atoms with Gasteiger partial charge < -0.3 is 19.9 Å². The second-order valence-corrected chi connectivity index (χ2v) is 4.09. The molecule has 0 aromatic carbocycles. The number of rotatable bonds is 6. The predicted molar refractivity (Wildman–Crippen MR) is 59.7 cm³/mol. The van der Waals surface area contributed by atoms with Crippen LogP contribution >= 0.6 is 0 Å². The lowest BCUT2D eigenvalue weighted by molar-refractivity contribution is 0.0836. The fourth-order valence-electron chi connectivity index (χ4n) is 1.89. The van der Waals surface area contributed by atoms with Crippen molar-refractivity contribution in [3.8, 4) is 0 Å².